The van der Waals surface area contributed by atoms with Crippen LogP contribution in [-0.4, -0.2) is 5.11 Å². The standard InChI is InChI=1S/C15H12O/c1-12-6-8-13(9-7-12)10-11-14-4-2-3-5-15(14)16/h2-9,16H,1H3. The van der Waals surface area contributed by atoms with E-state index in [1.165, 1.54) is 5.56 Å². The number of para-hydroxylation sites is 1. The van der Waals surface area contributed by atoms with Crippen molar-refractivity contribution in [2.45, 2.75) is 6.92 Å². The molecule has 0 heterocycles. The first-order valence-electron chi connectivity index (χ1n) is 5.12. The Kier molecular flexibility index (Phi) is 2.93. The molecule has 16 heavy (non-hydrogen) atoms. The van der Waals surface area contributed by atoms with Gasteiger partial charge in [0.25, 0.3) is 0 Å². The van der Waals surface area contributed by atoms with E-state index in [0.29, 0.717) is 5.56 Å². The highest BCUT2D eigenvalue weighted by molar-refractivity contribution is 5.49. The molecule has 0 saturated heterocycles. The van der Waals surface area contributed by atoms with Gasteiger partial charge in [0.05, 0.1) is 5.56 Å². The average Bonchev–Trinajstić information content (AvgIpc) is 2.30. The van der Waals surface area contributed by atoms with Gasteiger partial charge in [-0.1, -0.05) is 41.7 Å². The highest BCUT2D eigenvalue weighted by atomic mass is 16.3. The SMILES string of the molecule is Cc1ccc(C#Cc2ccccc2O)cc1. The first-order valence-corrected chi connectivity index (χ1v) is 5.12. The zero-order valence-electron chi connectivity index (χ0n) is 9.07. The molecular formula is C15H12O. The van der Waals surface area contributed by atoms with Crippen LogP contribution in [0.5, 0.6) is 5.75 Å². The molecule has 78 valence electrons. The molecule has 0 bridgehead atoms. The molecule has 2 aromatic carbocycles. The minimum atomic E-state index is 0.224. The van der Waals surface area contributed by atoms with Gasteiger partial charge in [0.15, 0.2) is 0 Å². The van der Waals surface area contributed by atoms with Crippen molar-refractivity contribution in [2.75, 3.05) is 0 Å². The third-order valence-electron chi connectivity index (χ3n) is 2.30. The largest absolute Gasteiger partial charge is 0.507 e. The summed E-state index contributed by atoms with van der Waals surface area (Å²) in [5.41, 5.74) is 2.82. The lowest BCUT2D eigenvalue weighted by atomic mass is 10.1. The molecule has 1 nitrogen and oxygen atoms in total. The number of hydrogen-bond donors (Lipinski definition) is 1. The Morgan fingerprint density at radius 3 is 2.25 bits per heavy atom. The van der Waals surface area contributed by atoms with E-state index < -0.39 is 0 Å². The summed E-state index contributed by atoms with van der Waals surface area (Å²) in [6.07, 6.45) is 0. The number of benzene rings is 2. The fourth-order valence-corrected chi connectivity index (χ4v) is 1.36. The lowest BCUT2D eigenvalue weighted by Crippen LogP contribution is -1.77. The number of phenolic OH excluding ortho intramolecular Hbond substituents is 1. The minimum Gasteiger partial charge on any atom is -0.507 e. The molecule has 0 atom stereocenters. The monoisotopic (exact) mass is 208 g/mol. The maximum Gasteiger partial charge on any atom is 0.131 e. The molecule has 0 aromatic heterocycles. The first-order chi connectivity index (χ1) is 7.75. The molecule has 1 heteroatoms. The highest BCUT2D eigenvalue weighted by Crippen LogP contribution is 2.13. The van der Waals surface area contributed by atoms with Crippen molar-refractivity contribution >= 4 is 0 Å². The Labute approximate surface area is 95.4 Å². The molecule has 0 aliphatic rings. The van der Waals surface area contributed by atoms with Gasteiger partial charge in [-0.05, 0) is 31.2 Å². The molecule has 0 spiro atoms. The average molecular weight is 208 g/mol. The lowest BCUT2D eigenvalue weighted by molar-refractivity contribution is 0.473. The van der Waals surface area contributed by atoms with E-state index in [0.717, 1.165) is 5.56 Å². The maximum atomic E-state index is 9.53. The number of rotatable bonds is 0. The van der Waals surface area contributed by atoms with E-state index in [-0.39, 0.29) is 5.75 Å². The Bertz CT molecular complexity index is 542. The molecule has 1 N–H and O–H groups in total. The summed E-state index contributed by atoms with van der Waals surface area (Å²) >= 11 is 0. The van der Waals surface area contributed by atoms with Crippen molar-refractivity contribution < 1.29 is 5.11 Å². The van der Waals surface area contributed by atoms with Crippen LogP contribution in [0.1, 0.15) is 16.7 Å². The van der Waals surface area contributed by atoms with E-state index in [4.69, 9.17) is 0 Å². The fourth-order valence-electron chi connectivity index (χ4n) is 1.36. The van der Waals surface area contributed by atoms with Crippen molar-refractivity contribution in [1.29, 1.82) is 0 Å². The quantitative estimate of drug-likeness (QED) is 0.659. The van der Waals surface area contributed by atoms with Gasteiger partial charge >= 0.3 is 0 Å². The number of hydrogen-bond acceptors (Lipinski definition) is 1. The van der Waals surface area contributed by atoms with E-state index in [2.05, 4.69) is 11.8 Å². The second kappa shape index (κ2) is 4.55. The molecule has 0 amide bonds. The van der Waals surface area contributed by atoms with Gasteiger partial charge in [-0.25, -0.2) is 0 Å². The summed E-state index contributed by atoms with van der Waals surface area (Å²) in [4.78, 5) is 0. The van der Waals surface area contributed by atoms with Gasteiger partial charge in [-0.15, -0.1) is 0 Å². The third kappa shape index (κ3) is 2.43. The zero-order chi connectivity index (χ0) is 11.4. The lowest BCUT2D eigenvalue weighted by Gasteiger charge is -1.94. The summed E-state index contributed by atoms with van der Waals surface area (Å²) in [6, 6.07) is 15.1. The second-order valence-electron chi connectivity index (χ2n) is 3.63. The Balaban J connectivity index is 2.29. The van der Waals surface area contributed by atoms with E-state index in [1.54, 1.807) is 18.2 Å². The van der Waals surface area contributed by atoms with Gasteiger partial charge < -0.3 is 5.11 Å². The first kappa shape index (κ1) is 10.3. The third-order valence-corrected chi connectivity index (χ3v) is 2.30. The normalized spacial score (nSPS) is 9.31. The Hall–Kier alpha value is -2.20. The van der Waals surface area contributed by atoms with Crippen LogP contribution < -0.4 is 0 Å². The summed E-state index contributed by atoms with van der Waals surface area (Å²) in [5, 5.41) is 9.53. The maximum absolute atomic E-state index is 9.53. The number of aromatic hydroxyl groups is 1. The predicted molar refractivity (Wildman–Crippen MR) is 65.3 cm³/mol. The van der Waals surface area contributed by atoms with Crippen LogP contribution in [0, 0.1) is 18.8 Å². The van der Waals surface area contributed by atoms with Crippen molar-refractivity contribution in [1.82, 2.24) is 0 Å². The molecule has 0 aliphatic heterocycles. The fraction of sp³-hybridized carbons (Fsp3) is 0.0667. The minimum absolute atomic E-state index is 0.224. The highest BCUT2D eigenvalue weighted by Gasteiger charge is 1.93. The van der Waals surface area contributed by atoms with Crippen LogP contribution in [-0.2, 0) is 0 Å². The zero-order valence-corrected chi connectivity index (χ0v) is 9.07. The van der Waals surface area contributed by atoms with Crippen LogP contribution in [0.25, 0.3) is 0 Å². The molecule has 0 radical (unpaired) electrons. The molecular weight excluding hydrogens is 196 g/mol. The van der Waals surface area contributed by atoms with Crippen LogP contribution >= 0.6 is 0 Å². The van der Waals surface area contributed by atoms with Crippen LogP contribution in [0.4, 0.5) is 0 Å². The summed E-state index contributed by atoms with van der Waals surface area (Å²) < 4.78 is 0. The van der Waals surface area contributed by atoms with E-state index in [1.807, 2.05) is 37.3 Å². The second-order valence-corrected chi connectivity index (χ2v) is 3.63. The van der Waals surface area contributed by atoms with Gasteiger partial charge in [0.1, 0.15) is 5.75 Å². The molecule has 2 rings (SSSR count). The number of phenols is 1. The summed E-state index contributed by atoms with van der Waals surface area (Å²) in [7, 11) is 0. The van der Waals surface area contributed by atoms with Crippen LogP contribution in [0.2, 0.25) is 0 Å². The predicted octanol–water partition coefficient (Wildman–Crippen LogP) is 3.10. The molecule has 0 fully saturated rings. The van der Waals surface area contributed by atoms with Crippen molar-refractivity contribution in [3.8, 4) is 17.6 Å². The Morgan fingerprint density at radius 1 is 0.875 bits per heavy atom. The smallest absolute Gasteiger partial charge is 0.131 e. The van der Waals surface area contributed by atoms with Crippen LogP contribution in [0.15, 0.2) is 48.5 Å². The summed E-state index contributed by atoms with van der Waals surface area (Å²) in [5.74, 6) is 6.19. The van der Waals surface area contributed by atoms with Crippen LogP contribution in [0.3, 0.4) is 0 Å². The van der Waals surface area contributed by atoms with E-state index in [9.17, 15) is 5.11 Å². The van der Waals surface area contributed by atoms with Gasteiger partial charge in [-0.2, -0.15) is 0 Å². The van der Waals surface area contributed by atoms with Crippen molar-refractivity contribution in [2.24, 2.45) is 0 Å². The van der Waals surface area contributed by atoms with Gasteiger partial charge in [0.2, 0.25) is 0 Å². The van der Waals surface area contributed by atoms with Crippen molar-refractivity contribution in [3.63, 3.8) is 0 Å². The summed E-state index contributed by atoms with van der Waals surface area (Å²) in [6.45, 7) is 2.04. The molecule has 0 saturated carbocycles. The molecule has 2 aromatic rings. The Morgan fingerprint density at radius 2 is 1.56 bits per heavy atom. The number of aryl methyl sites for hydroxylation is 1. The van der Waals surface area contributed by atoms with E-state index >= 15 is 0 Å². The topological polar surface area (TPSA) is 20.2 Å². The molecule has 0 unspecified atom stereocenters. The van der Waals surface area contributed by atoms with Gasteiger partial charge in [-0.3, -0.25) is 0 Å². The molecule has 0 aliphatic carbocycles. The van der Waals surface area contributed by atoms with Gasteiger partial charge in [0, 0.05) is 5.56 Å². The van der Waals surface area contributed by atoms with Crippen molar-refractivity contribution in [3.05, 3.63) is 65.2 Å².